The third-order valence-corrected chi connectivity index (χ3v) is 4.21. The summed E-state index contributed by atoms with van der Waals surface area (Å²) in [7, 11) is 0. The maximum absolute atomic E-state index is 10.9. The molecule has 0 bridgehead atoms. The molecule has 16 heavy (non-hydrogen) atoms. The first kappa shape index (κ1) is 11.4. The van der Waals surface area contributed by atoms with Gasteiger partial charge in [-0.05, 0) is 13.0 Å². The molecule has 0 spiro atoms. The number of rotatable bonds is 2. The molecular weight excluding hydrogens is 230 g/mol. The number of nitrogen functional groups attached to an aromatic ring is 1. The van der Waals surface area contributed by atoms with Crippen molar-refractivity contribution in [3.63, 3.8) is 0 Å². The molecule has 2 rings (SSSR count). The number of hydrogen-bond acceptors (Lipinski definition) is 5. The molecule has 1 aromatic heterocycles. The molecular formula is C10H13NO4S. The van der Waals surface area contributed by atoms with Crippen molar-refractivity contribution in [2.45, 2.75) is 25.0 Å². The van der Waals surface area contributed by atoms with Crippen LogP contribution in [0.4, 0.5) is 5.69 Å². The van der Waals surface area contributed by atoms with Crippen LogP contribution in [0.3, 0.4) is 0 Å². The van der Waals surface area contributed by atoms with Crippen molar-refractivity contribution in [1.82, 2.24) is 0 Å². The number of carboxylic acid groups (broad SMARTS) is 1. The van der Waals surface area contributed by atoms with Gasteiger partial charge < -0.3 is 20.7 Å². The summed E-state index contributed by atoms with van der Waals surface area (Å²) in [6.45, 7) is 2.24. The average molecular weight is 243 g/mol. The van der Waals surface area contributed by atoms with Gasteiger partial charge in [0.05, 0.1) is 18.4 Å². The summed E-state index contributed by atoms with van der Waals surface area (Å²) in [5.41, 5.74) is 4.68. The second-order valence-electron chi connectivity index (χ2n) is 3.89. The van der Waals surface area contributed by atoms with Crippen LogP contribution in [0.2, 0.25) is 0 Å². The van der Waals surface area contributed by atoms with Crippen LogP contribution < -0.4 is 5.73 Å². The Morgan fingerprint density at radius 1 is 1.75 bits per heavy atom. The first-order chi connectivity index (χ1) is 7.45. The summed E-state index contributed by atoms with van der Waals surface area (Å²) in [6, 6.07) is 1.53. The second-order valence-corrected chi connectivity index (χ2v) is 4.94. The number of ether oxygens (including phenoxy) is 1. The minimum Gasteiger partial charge on any atom is -0.477 e. The summed E-state index contributed by atoms with van der Waals surface area (Å²) in [6.07, 6.45) is 0.125. The molecule has 1 fully saturated rings. The highest BCUT2D eigenvalue weighted by molar-refractivity contribution is 7.14. The molecule has 88 valence electrons. The summed E-state index contributed by atoms with van der Waals surface area (Å²) < 4.78 is 5.30. The van der Waals surface area contributed by atoms with Crippen molar-refractivity contribution in [3.8, 4) is 0 Å². The van der Waals surface area contributed by atoms with E-state index in [1.165, 1.54) is 6.07 Å². The topological polar surface area (TPSA) is 92.8 Å². The minimum absolute atomic E-state index is 0.0718. The quantitative estimate of drug-likeness (QED) is 0.721. The molecule has 4 N–H and O–H groups in total. The summed E-state index contributed by atoms with van der Waals surface area (Å²) in [4.78, 5) is 11.5. The molecule has 2 atom stereocenters. The highest BCUT2D eigenvalue weighted by Gasteiger charge is 2.43. The Balaban J connectivity index is 2.41. The smallest absolute Gasteiger partial charge is 0.348 e. The van der Waals surface area contributed by atoms with Gasteiger partial charge in [0, 0.05) is 11.3 Å². The molecule has 0 aliphatic carbocycles. The van der Waals surface area contributed by atoms with E-state index < -0.39 is 11.6 Å². The van der Waals surface area contributed by atoms with Gasteiger partial charge in [-0.1, -0.05) is 0 Å². The van der Waals surface area contributed by atoms with E-state index in [-0.39, 0.29) is 16.7 Å². The van der Waals surface area contributed by atoms with Crippen LogP contribution in [-0.2, 0) is 10.3 Å². The lowest BCUT2D eigenvalue weighted by atomic mass is 9.95. The Morgan fingerprint density at radius 2 is 2.44 bits per heavy atom. The summed E-state index contributed by atoms with van der Waals surface area (Å²) >= 11 is 1.01. The lowest BCUT2D eigenvalue weighted by Gasteiger charge is -2.24. The molecule has 2 heterocycles. The van der Waals surface area contributed by atoms with E-state index in [0.717, 1.165) is 11.3 Å². The number of thiophene rings is 1. The molecule has 1 aromatic rings. The molecule has 0 radical (unpaired) electrons. The standard InChI is InChI=1S/C10H13NO4S/c1-5-10(14,2-3-15-5)7-4-6(11)8(16-7)9(12)13/h4-5,14H,2-3,11H2,1H3,(H,12,13). The molecule has 0 aromatic carbocycles. The largest absolute Gasteiger partial charge is 0.477 e. The molecule has 5 nitrogen and oxygen atoms in total. The number of aromatic carboxylic acids is 1. The number of carboxylic acids is 1. The van der Waals surface area contributed by atoms with Crippen molar-refractivity contribution >= 4 is 23.0 Å². The van der Waals surface area contributed by atoms with Gasteiger partial charge in [0.2, 0.25) is 0 Å². The monoisotopic (exact) mass is 243 g/mol. The van der Waals surface area contributed by atoms with Crippen LogP contribution >= 0.6 is 11.3 Å². The Morgan fingerprint density at radius 3 is 2.88 bits per heavy atom. The molecule has 6 heteroatoms. The van der Waals surface area contributed by atoms with Crippen LogP contribution in [0.1, 0.15) is 27.9 Å². The number of aliphatic hydroxyl groups is 1. The fraction of sp³-hybridized carbons (Fsp3) is 0.500. The third-order valence-electron chi connectivity index (χ3n) is 2.91. The first-order valence-electron chi connectivity index (χ1n) is 4.92. The fourth-order valence-corrected chi connectivity index (χ4v) is 2.96. The molecule has 1 aliphatic rings. The molecule has 1 aliphatic heterocycles. The Kier molecular flexibility index (Phi) is 2.65. The van der Waals surface area contributed by atoms with Gasteiger partial charge >= 0.3 is 5.97 Å². The van der Waals surface area contributed by atoms with Gasteiger partial charge in [0.1, 0.15) is 10.5 Å². The van der Waals surface area contributed by atoms with Crippen molar-refractivity contribution in [2.24, 2.45) is 0 Å². The van der Waals surface area contributed by atoms with Gasteiger partial charge in [0.15, 0.2) is 0 Å². The molecule has 2 unspecified atom stereocenters. The van der Waals surface area contributed by atoms with Crippen molar-refractivity contribution in [1.29, 1.82) is 0 Å². The van der Waals surface area contributed by atoms with Crippen LogP contribution in [0.5, 0.6) is 0 Å². The van der Waals surface area contributed by atoms with E-state index in [1.807, 2.05) is 0 Å². The lowest BCUT2D eigenvalue weighted by molar-refractivity contribution is -0.0290. The third kappa shape index (κ3) is 1.59. The van der Waals surface area contributed by atoms with Gasteiger partial charge in [-0.2, -0.15) is 0 Å². The number of carbonyl (C=O) groups is 1. The Bertz CT molecular complexity index is 430. The zero-order valence-electron chi connectivity index (χ0n) is 8.77. The zero-order chi connectivity index (χ0) is 11.9. The van der Waals surface area contributed by atoms with Crippen LogP contribution in [0, 0.1) is 0 Å². The van der Waals surface area contributed by atoms with Gasteiger partial charge in [0.25, 0.3) is 0 Å². The predicted molar refractivity (Wildman–Crippen MR) is 59.6 cm³/mol. The van der Waals surface area contributed by atoms with Gasteiger partial charge in [-0.15, -0.1) is 11.3 Å². The van der Waals surface area contributed by atoms with Crippen LogP contribution in [-0.4, -0.2) is 28.9 Å². The van der Waals surface area contributed by atoms with E-state index >= 15 is 0 Å². The predicted octanol–water partition coefficient (Wildman–Crippen LogP) is 1.02. The average Bonchev–Trinajstić information content (AvgIpc) is 2.73. The van der Waals surface area contributed by atoms with Gasteiger partial charge in [-0.3, -0.25) is 0 Å². The van der Waals surface area contributed by atoms with Crippen molar-refractivity contribution in [2.75, 3.05) is 12.3 Å². The molecule has 0 amide bonds. The Hall–Kier alpha value is -1.11. The summed E-state index contributed by atoms with van der Waals surface area (Å²) in [5.74, 6) is -1.07. The normalized spacial score (nSPS) is 29.5. The van der Waals surface area contributed by atoms with E-state index in [4.69, 9.17) is 15.6 Å². The number of anilines is 1. The van der Waals surface area contributed by atoms with E-state index in [1.54, 1.807) is 6.92 Å². The van der Waals surface area contributed by atoms with Crippen LogP contribution in [0.15, 0.2) is 6.07 Å². The van der Waals surface area contributed by atoms with Crippen LogP contribution in [0.25, 0.3) is 0 Å². The first-order valence-corrected chi connectivity index (χ1v) is 5.74. The maximum Gasteiger partial charge on any atom is 0.348 e. The second kappa shape index (κ2) is 3.73. The van der Waals surface area contributed by atoms with Gasteiger partial charge in [-0.25, -0.2) is 4.79 Å². The van der Waals surface area contributed by atoms with E-state index in [0.29, 0.717) is 17.9 Å². The molecule has 0 saturated carbocycles. The van der Waals surface area contributed by atoms with E-state index in [9.17, 15) is 9.90 Å². The highest BCUT2D eigenvalue weighted by atomic mass is 32.1. The maximum atomic E-state index is 10.9. The highest BCUT2D eigenvalue weighted by Crippen LogP contribution is 2.41. The molecule has 1 saturated heterocycles. The van der Waals surface area contributed by atoms with Crippen molar-refractivity contribution in [3.05, 3.63) is 15.8 Å². The fourth-order valence-electron chi connectivity index (χ4n) is 1.84. The summed E-state index contributed by atoms with van der Waals surface area (Å²) in [5, 5.41) is 19.3. The SMILES string of the molecule is CC1OCCC1(O)c1cc(N)c(C(=O)O)s1. The zero-order valence-corrected chi connectivity index (χ0v) is 9.58. The Labute approximate surface area is 96.5 Å². The number of nitrogens with two attached hydrogens (primary N) is 1. The van der Waals surface area contributed by atoms with Crippen molar-refractivity contribution < 1.29 is 19.7 Å². The minimum atomic E-state index is -1.10. The number of hydrogen-bond donors (Lipinski definition) is 3. The van der Waals surface area contributed by atoms with E-state index in [2.05, 4.69) is 0 Å². The lowest BCUT2D eigenvalue weighted by Crippen LogP contribution is -2.32.